The summed E-state index contributed by atoms with van der Waals surface area (Å²) in [5.74, 6) is 1.07. The number of ketones is 1. The van der Waals surface area contributed by atoms with Gasteiger partial charge in [-0.2, -0.15) is 0 Å². The van der Waals surface area contributed by atoms with Crippen LogP contribution in [0.5, 0.6) is 17.2 Å². The molecule has 0 saturated carbocycles. The summed E-state index contributed by atoms with van der Waals surface area (Å²) in [6, 6.07) is 50.2. The normalized spacial score (nSPS) is 11.4. The SMILES string of the molecule is CC(=O)O.CC(=O)O.CC(=O)O.Cc1cc2c(-c3ccccc3)c3ccc(=O)c([As]4SCCS4)c-3oc2c(C)c1C.Cc1cc2c(-c3ccccc3)c3ccc(=O)cc-3oc2c(C)c1C.Cc1ccc(O)c(C)c1C.O=C(c1ccccc1)c1ccc(O)cc1O. The van der Waals surface area contributed by atoms with Crippen molar-refractivity contribution in [2.24, 2.45) is 0 Å². The Hall–Kier alpha value is -9.34. The minimum Gasteiger partial charge on any atom is -0.508 e. The quantitative estimate of drug-likeness (QED) is 0.0532. The number of hydrogen-bond acceptors (Lipinski definition) is 13. The van der Waals surface area contributed by atoms with Crippen LogP contribution in [0.3, 0.4) is 0 Å². The topological polar surface area (TPSA) is 250 Å². The molecule has 12 rings (SSSR count). The summed E-state index contributed by atoms with van der Waals surface area (Å²) in [6.45, 7) is 22.0. The van der Waals surface area contributed by atoms with E-state index in [9.17, 15) is 24.6 Å². The molecule has 7 aromatic carbocycles. The number of phenolic OH excluding ortho intramolecular Hbond substituents is 3. The molecule has 0 amide bonds. The molecule has 2 aliphatic carbocycles. The first-order valence-electron chi connectivity index (χ1n) is 28.7. The summed E-state index contributed by atoms with van der Waals surface area (Å²) in [4.78, 5) is 63.7. The van der Waals surface area contributed by atoms with Crippen molar-refractivity contribution in [2.45, 2.75) is 83.1 Å². The molecule has 0 radical (unpaired) electrons. The molecule has 1 saturated heterocycles. The molecule has 470 valence electrons. The number of carbonyl (C=O) groups is 4. The van der Waals surface area contributed by atoms with Gasteiger partial charge in [0.2, 0.25) is 0 Å². The molecule has 0 spiro atoms. The second-order valence-corrected chi connectivity index (χ2v) is 32.9. The van der Waals surface area contributed by atoms with Crippen LogP contribution in [0.1, 0.15) is 86.8 Å². The van der Waals surface area contributed by atoms with E-state index in [0.29, 0.717) is 17.1 Å². The van der Waals surface area contributed by atoms with Gasteiger partial charge in [-0.3, -0.25) is 24.0 Å². The van der Waals surface area contributed by atoms with Crippen molar-refractivity contribution in [3.63, 3.8) is 0 Å². The van der Waals surface area contributed by atoms with Crippen molar-refractivity contribution in [3.05, 3.63) is 245 Å². The summed E-state index contributed by atoms with van der Waals surface area (Å²) < 4.78 is 13.7. The van der Waals surface area contributed by atoms with Crippen molar-refractivity contribution in [3.8, 4) is 62.1 Å². The fraction of sp³-hybridized carbons (Fsp3) is 0.189. The van der Waals surface area contributed by atoms with E-state index in [-0.39, 0.29) is 33.7 Å². The molecule has 0 aromatic heterocycles. The summed E-state index contributed by atoms with van der Waals surface area (Å²) in [6.07, 6.45) is 0. The standard InChI is InChI=1S/C24H21AsO2S2.C22H18O2.C13H10O3.C9H12O.3C2H4O2/c1-14-13-19-21(17-7-5-4-6-8-17)18-9-10-20(26)22(25-28-11-12-29-25)24(18)27-23(19)16(3)15(14)2;1-13-11-19-21(16-7-5-4-6-8-16)18-10-9-17(23)12-20(18)24-22(19)15(3)14(13)2;14-10-6-7-11(12(15)8-10)13(16)9-4-2-1-3-5-9;1-6-4-5-9(10)8(3)7(6)2;3*1-2(3)4/h4-10,13H,11-12H2,1-3H3;4-12H,1-3H3;1-8,14-15H;4-5,10H,1-3H3;3*1H3,(H,3,4). The Morgan fingerprint density at radius 2 is 0.901 bits per heavy atom. The van der Waals surface area contributed by atoms with Crippen molar-refractivity contribution in [2.75, 3.05) is 11.5 Å². The third kappa shape index (κ3) is 18.2. The van der Waals surface area contributed by atoms with Gasteiger partial charge >= 0.3 is 182 Å². The summed E-state index contributed by atoms with van der Waals surface area (Å²) >= 11 is -1.51. The number of rotatable bonds is 5. The Bertz CT molecular complexity index is 4390. The zero-order chi connectivity index (χ0) is 67.0. The van der Waals surface area contributed by atoms with E-state index in [1.165, 1.54) is 56.6 Å². The predicted molar refractivity (Wildman–Crippen MR) is 370 cm³/mol. The monoisotopic (exact) mass is 1320 g/mol. The van der Waals surface area contributed by atoms with Crippen molar-refractivity contribution >= 4 is 82.4 Å². The number of aryl methyl sites for hydroxylation is 5. The number of aromatic hydroxyl groups is 3. The molecular formula is C74H73AsO14S2. The average Bonchev–Trinajstić information content (AvgIpc) is 1.18. The van der Waals surface area contributed by atoms with E-state index in [1.807, 2.05) is 89.4 Å². The Labute approximate surface area is 539 Å². The Balaban J connectivity index is 0.000000190. The summed E-state index contributed by atoms with van der Waals surface area (Å²) in [7, 11) is 3.98. The number of aliphatic carboxylic acids is 3. The van der Waals surface area contributed by atoms with Crippen LogP contribution in [0.4, 0.5) is 0 Å². The van der Waals surface area contributed by atoms with E-state index in [1.54, 1.807) is 48.5 Å². The third-order valence-corrected chi connectivity index (χ3v) is 28.4. The molecule has 5 aliphatic rings. The minimum atomic E-state index is -1.51. The van der Waals surface area contributed by atoms with Crippen LogP contribution >= 0.6 is 20.0 Å². The van der Waals surface area contributed by atoms with E-state index in [4.69, 9.17) is 43.6 Å². The number of carboxylic acid groups (broad SMARTS) is 3. The van der Waals surface area contributed by atoms with Gasteiger partial charge in [0.1, 0.15) is 28.6 Å². The zero-order valence-electron chi connectivity index (χ0n) is 52.7. The van der Waals surface area contributed by atoms with Crippen LogP contribution in [0.25, 0.3) is 66.8 Å². The Kier molecular flexibility index (Phi) is 25.2. The van der Waals surface area contributed by atoms with Gasteiger partial charge in [0.25, 0.3) is 17.9 Å². The number of carbonyl (C=O) groups excluding carboxylic acids is 1. The number of carboxylic acids is 3. The number of hydrogen-bond donors (Lipinski definition) is 6. The first-order valence-corrected chi connectivity index (χ1v) is 36.2. The van der Waals surface area contributed by atoms with Gasteiger partial charge in [0.15, 0.2) is 11.2 Å². The number of benzene rings is 9. The number of fused-ring (bicyclic) bond motifs is 4. The maximum Gasteiger partial charge on any atom is 0.196 e. The van der Waals surface area contributed by atoms with Crippen molar-refractivity contribution < 1.29 is 58.7 Å². The smallest absolute Gasteiger partial charge is 0.196 e. The molecule has 17 heteroatoms. The van der Waals surface area contributed by atoms with Gasteiger partial charge in [-0.15, -0.1) is 0 Å². The van der Waals surface area contributed by atoms with E-state index in [2.05, 4.69) is 90.1 Å². The number of phenols is 3. The minimum absolute atomic E-state index is 0.0360. The van der Waals surface area contributed by atoms with Crippen LogP contribution in [-0.2, 0) is 14.4 Å². The first-order chi connectivity index (χ1) is 43.1. The Morgan fingerprint density at radius 3 is 1.38 bits per heavy atom. The van der Waals surface area contributed by atoms with Gasteiger partial charge < -0.3 is 35.1 Å². The van der Waals surface area contributed by atoms with Gasteiger partial charge in [0, 0.05) is 55.0 Å². The summed E-state index contributed by atoms with van der Waals surface area (Å²) in [5, 5.41) is 52.4. The van der Waals surface area contributed by atoms with Crippen LogP contribution in [0.2, 0.25) is 0 Å². The third-order valence-electron chi connectivity index (χ3n) is 14.8. The van der Waals surface area contributed by atoms with Gasteiger partial charge in [0.05, 0.1) is 5.56 Å². The molecule has 1 fully saturated rings. The average molecular weight is 1330 g/mol. The van der Waals surface area contributed by atoms with E-state index in [0.717, 1.165) is 109 Å². The van der Waals surface area contributed by atoms with Gasteiger partial charge in [-0.1, -0.05) is 66.7 Å². The van der Waals surface area contributed by atoms with Crippen LogP contribution in [0.15, 0.2) is 182 Å². The van der Waals surface area contributed by atoms with Crippen LogP contribution in [-0.4, -0.2) is 78.2 Å². The summed E-state index contributed by atoms with van der Waals surface area (Å²) in [5.41, 5.74) is 19.9. The molecule has 0 bridgehead atoms. The fourth-order valence-electron chi connectivity index (χ4n) is 9.71. The second kappa shape index (κ2) is 32.4. The van der Waals surface area contributed by atoms with E-state index >= 15 is 0 Å². The molecule has 6 N–H and O–H groups in total. The zero-order valence-corrected chi connectivity index (χ0v) is 56.2. The maximum absolute atomic E-state index is 13.0. The fourth-order valence-corrected chi connectivity index (χ4v) is 24.5. The molecule has 14 nitrogen and oxygen atoms in total. The van der Waals surface area contributed by atoms with Crippen molar-refractivity contribution in [1.29, 1.82) is 0 Å². The van der Waals surface area contributed by atoms with Crippen molar-refractivity contribution in [1.82, 2.24) is 0 Å². The first kappa shape index (κ1) is 70.7. The molecule has 91 heavy (non-hydrogen) atoms. The molecular weight excluding hydrogens is 1250 g/mol. The molecule has 3 aliphatic heterocycles. The molecule has 3 heterocycles. The molecule has 7 aromatic rings. The second-order valence-electron chi connectivity index (χ2n) is 21.3. The van der Waals surface area contributed by atoms with Crippen LogP contribution in [0, 0.1) is 62.3 Å². The largest absolute Gasteiger partial charge is 0.508 e. The predicted octanol–water partition coefficient (Wildman–Crippen LogP) is 16.1. The molecule has 0 atom stereocenters. The van der Waals surface area contributed by atoms with Gasteiger partial charge in [-0.25, -0.2) is 0 Å². The maximum atomic E-state index is 13.0. The Morgan fingerprint density at radius 1 is 0.451 bits per heavy atom. The van der Waals surface area contributed by atoms with E-state index < -0.39 is 30.2 Å². The molecule has 0 unspecified atom stereocenters. The van der Waals surface area contributed by atoms with Crippen LogP contribution < -0.4 is 15.2 Å². The van der Waals surface area contributed by atoms with Gasteiger partial charge in [-0.05, 0) is 117 Å².